The Labute approximate surface area is 165 Å². The minimum absolute atomic E-state index is 0.883. The van der Waals surface area contributed by atoms with Gasteiger partial charge in [0.05, 0.1) is 12.0 Å². The Bertz CT molecular complexity index is 815. The van der Waals surface area contributed by atoms with Crippen LogP contribution in [-0.4, -0.2) is 38.4 Å². The fourth-order valence-electron chi connectivity index (χ4n) is 3.03. The highest BCUT2D eigenvalue weighted by Gasteiger charge is 2.13. The lowest BCUT2D eigenvalue weighted by Gasteiger charge is -2.24. The van der Waals surface area contributed by atoms with E-state index >= 15 is 0 Å². The SMILES string of the molecule is CCN(C)/C=N\c1cc(C)c(C(CN(C)c2ccccc2)=C(C)C)cc1C. The van der Waals surface area contributed by atoms with Crippen molar-refractivity contribution in [1.29, 1.82) is 0 Å². The molecule has 144 valence electrons. The van der Waals surface area contributed by atoms with Gasteiger partial charge in [0.25, 0.3) is 0 Å². The van der Waals surface area contributed by atoms with Crippen molar-refractivity contribution in [2.75, 3.05) is 32.1 Å². The second-order valence-electron chi connectivity index (χ2n) is 7.44. The van der Waals surface area contributed by atoms with Gasteiger partial charge >= 0.3 is 0 Å². The molecular weight excluding hydrogens is 330 g/mol. The molecule has 0 bridgehead atoms. The van der Waals surface area contributed by atoms with Crippen LogP contribution in [0.5, 0.6) is 0 Å². The number of aryl methyl sites for hydroxylation is 2. The summed E-state index contributed by atoms with van der Waals surface area (Å²) in [5.74, 6) is 0. The molecule has 0 atom stereocenters. The summed E-state index contributed by atoms with van der Waals surface area (Å²) in [6, 6.07) is 15.0. The standard InChI is InChI=1S/C24H33N3/c1-8-26(6)17-25-24-15-19(4)22(14-20(24)5)23(18(2)3)16-27(7)21-12-10-9-11-13-21/h9-15,17H,8,16H2,1-7H3/b25-17-. The molecule has 0 saturated carbocycles. The number of hydrogen-bond acceptors (Lipinski definition) is 2. The van der Waals surface area contributed by atoms with Gasteiger partial charge in [0.15, 0.2) is 0 Å². The lowest BCUT2D eigenvalue weighted by Crippen LogP contribution is -2.20. The molecule has 0 unspecified atom stereocenters. The first kappa shape index (κ1) is 20.8. The first-order valence-corrected chi connectivity index (χ1v) is 9.62. The average molecular weight is 364 g/mol. The van der Waals surface area contributed by atoms with Crippen LogP contribution in [0.3, 0.4) is 0 Å². The predicted octanol–water partition coefficient (Wildman–Crippen LogP) is 5.84. The molecule has 27 heavy (non-hydrogen) atoms. The Balaban J connectivity index is 2.34. The van der Waals surface area contributed by atoms with Crippen LogP contribution in [-0.2, 0) is 0 Å². The largest absolute Gasteiger partial charge is 0.370 e. The van der Waals surface area contributed by atoms with Gasteiger partial charge in [0.1, 0.15) is 0 Å². The molecule has 0 aliphatic carbocycles. The Morgan fingerprint density at radius 1 is 1.00 bits per heavy atom. The Kier molecular flexibility index (Phi) is 7.23. The monoisotopic (exact) mass is 363 g/mol. The first-order valence-electron chi connectivity index (χ1n) is 9.62. The maximum atomic E-state index is 4.67. The molecule has 0 spiro atoms. The van der Waals surface area contributed by atoms with E-state index in [1.165, 1.54) is 33.5 Å². The molecule has 2 aromatic carbocycles. The van der Waals surface area contributed by atoms with E-state index in [2.05, 4.69) is 98.9 Å². The van der Waals surface area contributed by atoms with Crippen LogP contribution in [0.1, 0.15) is 37.5 Å². The zero-order chi connectivity index (χ0) is 20.0. The smallest absolute Gasteiger partial charge is 0.0909 e. The summed E-state index contributed by atoms with van der Waals surface area (Å²) in [5, 5.41) is 0. The van der Waals surface area contributed by atoms with Gasteiger partial charge in [-0.2, -0.15) is 0 Å². The lowest BCUT2D eigenvalue weighted by molar-refractivity contribution is 0.552. The molecule has 3 heteroatoms. The summed E-state index contributed by atoms with van der Waals surface area (Å²) in [5.41, 5.74) is 8.79. The van der Waals surface area contributed by atoms with Gasteiger partial charge in [0, 0.05) is 32.9 Å². The van der Waals surface area contributed by atoms with E-state index < -0.39 is 0 Å². The van der Waals surface area contributed by atoms with Crippen LogP contribution < -0.4 is 4.90 Å². The quantitative estimate of drug-likeness (QED) is 0.454. The fourth-order valence-corrected chi connectivity index (χ4v) is 3.03. The third-order valence-corrected chi connectivity index (χ3v) is 4.96. The van der Waals surface area contributed by atoms with Gasteiger partial charge in [-0.3, -0.25) is 0 Å². The molecule has 0 aliphatic rings. The highest BCUT2D eigenvalue weighted by atomic mass is 15.1. The number of hydrogen-bond donors (Lipinski definition) is 0. The first-order chi connectivity index (χ1) is 12.8. The number of aliphatic imine (C=N–C) groups is 1. The van der Waals surface area contributed by atoms with Crippen molar-refractivity contribution in [2.45, 2.75) is 34.6 Å². The summed E-state index contributed by atoms with van der Waals surface area (Å²) >= 11 is 0. The van der Waals surface area contributed by atoms with E-state index in [4.69, 9.17) is 0 Å². The van der Waals surface area contributed by atoms with E-state index in [9.17, 15) is 0 Å². The summed E-state index contributed by atoms with van der Waals surface area (Å²) in [6.45, 7) is 12.7. The summed E-state index contributed by atoms with van der Waals surface area (Å²) < 4.78 is 0. The maximum Gasteiger partial charge on any atom is 0.0909 e. The van der Waals surface area contributed by atoms with Crippen LogP contribution >= 0.6 is 0 Å². The van der Waals surface area contributed by atoms with Crippen molar-refractivity contribution in [1.82, 2.24) is 4.90 Å². The second-order valence-corrected chi connectivity index (χ2v) is 7.44. The maximum absolute atomic E-state index is 4.67. The molecule has 2 rings (SSSR count). The van der Waals surface area contributed by atoms with Crippen LogP contribution in [0.25, 0.3) is 5.57 Å². The van der Waals surface area contributed by atoms with E-state index in [1.54, 1.807) is 0 Å². The Morgan fingerprint density at radius 3 is 2.26 bits per heavy atom. The number of nitrogens with zero attached hydrogens (tertiary/aromatic N) is 3. The van der Waals surface area contributed by atoms with Crippen molar-refractivity contribution >= 4 is 23.3 Å². The van der Waals surface area contributed by atoms with E-state index in [1.807, 2.05) is 13.4 Å². The number of benzene rings is 2. The molecule has 2 aromatic rings. The Hall–Kier alpha value is -2.55. The molecule has 0 heterocycles. The normalized spacial score (nSPS) is 10.9. The van der Waals surface area contributed by atoms with Crippen molar-refractivity contribution in [2.24, 2.45) is 4.99 Å². The average Bonchev–Trinajstić information content (AvgIpc) is 2.66. The van der Waals surface area contributed by atoms with Gasteiger partial charge in [-0.15, -0.1) is 0 Å². The van der Waals surface area contributed by atoms with Crippen molar-refractivity contribution in [3.8, 4) is 0 Å². The Morgan fingerprint density at radius 2 is 1.67 bits per heavy atom. The highest BCUT2D eigenvalue weighted by molar-refractivity contribution is 5.77. The van der Waals surface area contributed by atoms with Crippen LogP contribution in [0.15, 0.2) is 53.0 Å². The molecule has 0 aromatic heterocycles. The van der Waals surface area contributed by atoms with Gasteiger partial charge in [-0.1, -0.05) is 23.8 Å². The number of para-hydroxylation sites is 1. The fraction of sp³-hybridized carbons (Fsp3) is 0.375. The van der Waals surface area contributed by atoms with Gasteiger partial charge in [-0.05, 0) is 81.1 Å². The molecule has 0 N–H and O–H groups in total. The highest BCUT2D eigenvalue weighted by Crippen LogP contribution is 2.30. The number of rotatable bonds is 7. The van der Waals surface area contributed by atoms with Crippen LogP contribution in [0, 0.1) is 13.8 Å². The van der Waals surface area contributed by atoms with E-state index in [0.717, 1.165) is 18.8 Å². The summed E-state index contributed by atoms with van der Waals surface area (Å²) in [7, 11) is 4.19. The minimum Gasteiger partial charge on any atom is -0.370 e. The van der Waals surface area contributed by atoms with Crippen LogP contribution in [0.4, 0.5) is 11.4 Å². The van der Waals surface area contributed by atoms with Gasteiger partial charge in [0.2, 0.25) is 0 Å². The van der Waals surface area contributed by atoms with Gasteiger partial charge < -0.3 is 9.80 Å². The third kappa shape index (κ3) is 5.46. The molecule has 3 nitrogen and oxygen atoms in total. The molecule has 0 aliphatic heterocycles. The van der Waals surface area contributed by atoms with E-state index in [0.29, 0.717) is 0 Å². The molecular formula is C24H33N3. The lowest BCUT2D eigenvalue weighted by atomic mass is 9.94. The van der Waals surface area contributed by atoms with Crippen molar-refractivity contribution < 1.29 is 0 Å². The van der Waals surface area contributed by atoms with Gasteiger partial charge in [-0.25, -0.2) is 4.99 Å². The van der Waals surface area contributed by atoms with Crippen LogP contribution in [0.2, 0.25) is 0 Å². The molecule has 0 saturated heterocycles. The van der Waals surface area contributed by atoms with E-state index in [-0.39, 0.29) is 0 Å². The van der Waals surface area contributed by atoms with Crippen molar-refractivity contribution in [3.05, 3.63) is 64.7 Å². The minimum atomic E-state index is 0.883. The summed E-state index contributed by atoms with van der Waals surface area (Å²) in [4.78, 5) is 9.05. The second kappa shape index (κ2) is 9.40. The number of anilines is 1. The summed E-state index contributed by atoms with van der Waals surface area (Å²) in [6.07, 6.45) is 1.91. The van der Waals surface area contributed by atoms with Crippen molar-refractivity contribution in [3.63, 3.8) is 0 Å². The zero-order valence-corrected chi connectivity index (χ0v) is 17.9. The predicted molar refractivity (Wildman–Crippen MR) is 120 cm³/mol. The zero-order valence-electron chi connectivity index (χ0n) is 17.9. The molecule has 0 amide bonds. The number of likely N-dealkylation sites (N-methyl/N-ethyl adjacent to an activating group) is 1. The topological polar surface area (TPSA) is 18.8 Å². The third-order valence-electron chi connectivity index (χ3n) is 4.96. The number of allylic oxidation sites excluding steroid dienone is 1. The molecule has 0 radical (unpaired) electrons. The molecule has 0 fully saturated rings.